The molecule has 118 valence electrons. The van der Waals surface area contributed by atoms with Crippen molar-refractivity contribution in [1.29, 1.82) is 0 Å². The summed E-state index contributed by atoms with van der Waals surface area (Å²) in [7, 11) is 0. The van der Waals surface area contributed by atoms with E-state index in [1.54, 1.807) is 0 Å². The molecular formula is C16H27N3O2. The van der Waals surface area contributed by atoms with Crippen molar-refractivity contribution in [2.24, 2.45) is 11.7 Å². The van der Waals surface area contributed by atoms with Crippen molar-refractivity contribution in [3.8, 4) is 0 Å². The first-order chi connectivity index (χ1) is 10.3. The molecule has 2 aliphatic rings. The monoisotopic (exact) mass is 293 g/mol. The Balaban J connectivity index is 1.71. The van der Waals surface area contributed by atoms with Crippen molar-refractivity contribution in [3.05, 3.63) is 11.7 Å². The zero-order valence-corrected chi connectivity index (χ0v) is 13.0. The zero-order chi connectivity index (χ0) is 14.7. The second-order valence-corrected chi connectivity index (χ2v) is 6.68. The molecule has 0 bridgehead atoms. The van der Waals surface area contributed by atoms with E-state index >= 15 is 0 Å². The smallest absolute Gasteiger partial charge is 0.234 e. The highest BCUT2D eigenvalue weighted by Crippen LogP contribution is 2.38. The third-order valence-electron chi connectivity index (χ3n) is 5.53. The van der Waals surface area contributed by atoms with Crippen LogP contribution in [-0.2, 0) is 10.2 Å². The van der Waals surface area contributed by atoms with Crippen LogP contribution < -0.4 is 5.73 Å². The molecule has 0 aromatic carbocycles. The van der Waals surface area contributed by atoms with Gasteiger partial charge in [0.1, 0.15) is 0 Å². The van der Waals surface area contributed by atoms with E-state index in [2.05, 4.69) is 12.1 Å². The van der Waals surface area contributed by atoms with Gasteiger partial charge in [-0.25, -0.2) is 0 Å². The summed E-state index contributed by atoms with van der Waals surface area (Å²) >= 11 is 0. The van der Waals surface area contributed by atoms with Gasteiger partial charge in [-0.3, -0.25) is 0 Å². The average Bonchev–Trinajstić information content (AvgIpc) is 3.06. The number of rotatable bonds is 4. The Kier molecular flexibility index (Phi) is 4.60. The molecule has 1 aromatic heterocycles. The number of aromatic nitrogens is 2. The van der Waals surface area contributed by atoms with E-state index in [1.807, 2.05) is 0 Å². The van der Waals surface area contributed by atoms with Crippen molar-refractivity contribution in [1.82, 2.24) is 10.1 Å². The number of ether oxygens (including phenoxy) is 1. The molecule has 1 aliphatic heterocycles. The van der Waals surface area contributed by atoms with Crippen LogP contribution in [0.25, 0.3) is 0 Å². The Morgan fingerprint density at radius 1 is 1.19 bits per heavy atom. The third kappa shape index (κ3) is 2.99. The standard InChI is InChI=1S/C16H27N3O2/c1-2-12-3-5-13(6-4-12)14-18-15(21-19-14)16(11-17)7-9-20-10-8-16/h12-13H,2-11,17H2,1H3. The van der Waals surface area contributed by atoms with Gasteiger partial charge in [0.25, 0.3) is 0 Å². The molecule has 2 N–H and O–H groups in total. The molecule has 2 fully saturated rings. The Hall–Kier alpha value is -0.940. The van der Waals surface area contributed by atoms with Gasteiger partial charge in [-0.05, 0) is 44.4 Å². The van der Waals surface area contributed by atoms with Gasteiger partial charge in [0.2, 0.25) is 5.89 Å². The van der Waals surface area contributed by atoms with Crippen LogP contribution in [0, 0.1) is 5.92 Å². The van der Waals surface area contributed by atoms with E-state index in [-0.39, 0.29) is 5.41 Å². The van der Waals surface area contributed by atoms with E-state index in [0.717, 1.165) is 43.7 Å². The second kappa shape index (κ2) is 6.44. The Morgan fingerprint density at radius 2 is 1.90 bits per heavy atom. The van der Waals surface area contributed by atoms with E-state index in [9.17, 15) is 0 Å². The van der Waals surface area contributed by atoms with E-state index in [1.165, 1.54) is 32.1 Å². The lowest BCUT2D eigenvalue weighted by atomic mass is 9.79. The fraction of sp³-hybridized carbons (Fsp3) is 0.875. The van der Waals surface area contributed by atoms with Crippen LogP contribution in [0.1, 0.15) is 69.5 Å². The van der Waals surface area contributed by atoms with Gasteiger partial charge in [0.15, 0.2) is 5.82 Å². The summed E-state index contributed by atoms with van der Waals surface area (Å²) in [5, 5.41) is 4.28. The number of hydrogen-bond acceptors (Lipinski definition) is 5. The molecule has 0 amide bonds. The van der Waals surface area contributed by atoms with Gasteiger partial charge in [-0.15, -0.1) is 0 Å². The SMILES string of the molecule is CCC1CCC(c2noc(C3(CN)CCOCC3)n2)CC1. The predicted molar refractivity (Wildman–Crippen MR) is 80.1 cm³/mol. The second-order valence-electron chi connectivity index (χ2n) is 6.68. The fourth-order valence-electron chi connectivity index (χ4n) is 3.71. The van der Waals surface area contributed by atoms with Crippen molar-refractivity contribution in [2.45, 2.75) is 63.2 Å². The highest BCUT2D eigenvalue weighted by Gasteiger charge is 2.39. The lowest BCUT2D eigenvalue weighted by Crippen LogP contribution is -2.41. The van der Waals surface area contributed by atoms with Gasteiger partial charge in [-0.1, -0.05) is 18.5 Å². The number of hydrogen-bond donors (Lipinski definition) is 1. The molecule has 1 saturated carbocycles. The van der Waals surface area contributed by atoms with Gasteiger partial charge >= 0.3 is 0 Å². The zero-order valence-electron chi connectivity index (χ0n) is 13.0. The summed E-state index contributed by atoms with van der Waals surface area (Å²) < 4.78 is 11.1. The normalized spacial score (nSPS) is 29.4. The highest BCUT2D eigenvalue weighted by atomic mass is 16.5. The lowest BCUT2D eigenvalue weighted by Gasteiger charge is -2.32. The van der Waals surface area contributed by atoms with Gasteiger partial charge in [0, 0.05) is 25.7 Å². The Bertz CT molecular complexity index is 446. The largest absolute Gasteiger partial charge is 0.381 e. The maximum absolute atomic E-state index is 6.01. The average molecular weight is 293 g/mol. The van der Waals surface area contributed by atoms with Crippen molar-refractivity contribution in [3.63, 3.8) is 0 Å². The molecule has 3 rings (SSSR count). The van der Waals surface area contributed by atoms with E-state index in [4.69, 9.17) is 20.0 Å². The van der Waals surface area contributed by atoms with Crippen LogP contribution in [0.4, 0.5) is 0 Å². The van der Waals surface area contributed by atoms with Gasteiger partial charge in [-0.2, -0.15) is 4.98 Å². The molecule has 0 radical (unpaired) electrons. The minimum Gasteiger partial charge on any atom is -0.381 e. The Morgan fingerprint density at radius 3 is 2.52 bits per heavy atom. The summed E-state index contributed by atoms with van der Waals surface area (Å²) in [6.07, 6.45) is 8.02. The molecule has 0 spiro atoms. The van der Waals surface area contributed by atoms with Crippen molar-refractivity contribution < 1.29 is 9.26 Å². The molecule has 21 heavy (non-hydrogen) atoms. The molecule has 5 heteroatoms. The predicted octanol–water partition coefficient (Wildman–Crippen LogP) is 2.76. The summed E-state index contributed by atoms with van der Waals surface area (Å²) in [6.45, 7) is 4.31. The molecule has 0 atom stereocenters. The van der Waals surface area contributed by atoms with Crippen LogP contribution in [0.2, 0.25) is 0 Å². The van der Waals surface area contributed by atoms with Crippen molar-refractivity contribution in [2.75, 3.05) is 19.8 Å². The molecular weight excluding hydrogens is 266 g/mol. The molecule has 1 saturated heterocycles. The topological polar surface area (TPSA) is 74.2 Å². The lowest BCUT2D eigenvalue weighted by molar-refractivity contribution is 0.0409. The van der Waals surface area contributed by atoms with Crippen LogP contribution in [-0.4, -0.2) is 29.9 Å². The molecule has 1 aliphatic carbocycles. The third-order valence-corrected chi connectivity index (χ3v) is 5.53. The minimum atomic E-state index is -0.163. The Labute approximate surface area is 126 Å². The van der Waals surface area contributed by atoms with Crippen LogP contribution >= 0.6 is 0 Å². The van der Waals surface area contributed by atoms with E-state index in [0.29, 0.717) is 12.5 Å². The molecule has 5 nitrogen and oxygen atoms in total. The summed E-state index contributed by atoms with van der Waals surface area (Å²) in [4.78, 5) is 4.74. The van der Waals surface area contributed by atoms with Crippen molar-refractivity contribution >= 4 is 0 Å². The summed E-state index contributed by atoms with van der Waals surface area (Å²) in [5.74, 6) is 3.00. The molecule has 0 unspecified atom stereocenters. The van der Waals surface area contributed by atoms with Gasteiger partial charge in [0.05, 0.1) is 5.41 Å². The first kappa shape index (κ1) is 15.0. The van der Waals surface area contributed by atoms with Crippen LogP contribution in [0.15, 0.2) is 4.52 Å². The molecule has 2 heterocycles. The molecule has 1 aromatic rings. The van der Waals surface area contributed by atoms with Gasteiger partial charge < -0.3 is 15.0 Å². The summed E-state index contributed by atoms with van der Waals surface area (Å²) in [6, 6.07) is 0. The minimum absolute atomic E-state index is 0.163. The fourth-order valence-corrected chi connectivity index (χ4v) is 3.71. The maximum Gasteiger partial charge on any atom is 0.234 e. The first-order valence-corrected chi connectivity index (χ1v) is 8.39. The first-order valence-electron chi connectivity index (χ1n) is 8.39. The van der Waals surface area contributed by atoms with Crippen LogP contribution in [0.5, 0.6) is 0 Å². The number of nitrogens with zero attached hydrogens (tertiary/aromatic N) is 2. The highest BCUT2D eigenvalue weighted by molar-refractivity contribution is 5.09. The maximum atomic E-state index is 6.01. The van der Waals surface area contributed by atoms with E-state index < -0.39 is 0 Å². The number of nitrogens with two attached hydrogens (primary N) is 1. The summed E-state index contributed by atoms with van der Waals surface area (Å²) in [5.41, 5.74) is 5.85. The van der Waals surface area contributed by atoms with Crippen LogP contribution in [0.3, 0.4) is 0 Å². The quantitative estimate of drug-likeness (QED) is 0.924.